The van der Waals surface area contributed by atoms with E-state index in [0.29, 0.717) is 12.1 Å². The number of benzene rings is 1. The summed E-state index contributed by atoms with van der Waals surface area (Å²) in [5, 5.41) is 8.41. The van der Waals surface area contributed by atoms with Crippen LogP contribution in [0.1, 0.15) is 36.6 Å². The average molecular weight is 271 g/mol. The van der Waals surface area contributed by atoms with Gasteiger partial charge in [0.2, 0.25) is 0 Å². The third-order valence-electron chi connectivity index (χ3n) is 4.56. The summed E-state index contributed by atoms with van der Waals surface area (Å²) < 4.78 is 15.1. The summed E-state index contributed by atoms with van der Waals surface area (Å²) >= 11 is 0. The fourth-order valence-electron chi connectivity index (χ4n) is 3.68. The van der Waals surface area contributed by atoms with E-state index in [4.69, 9.17) is 5.10 Å². The van der Waals surface area contributed by atoms with Gasteiger partial charge < -0.3 is 5.32 Å². The quantitative estimate of drug-likeness (QED) is 0.864. The Bertz CT molecular complexity index is 644. The SMILES string of the molecule is Cn1nc2c(c1-c1ccc(F)cc1)C[C@@H]1CCC[C@H]2N1. The Morgan fingerprint density at radius 2 is 2.05 bits per heavy atom. The van der Waals surface area contributed by atoms with E-state index in [0.717, 1.165) is 17.7 Å². The molecule has 1 N–H and O–H groups in total. The second-order valence-corrected chi connectivity index (χ2v) is 5.89. The van der Waals surface area contributed by atoms with E-state index in [9.17, 15) is 4.39 Å². The van der Waals surface area contributed by atoms with E-state index in [1.165, 1.54) is 42.7 Å². The van der Waals surface area contributed by atoms with Gasteiger partial charge in [0.1, 0.15) is 5.82 Å². The molecule has 4 heteroatoms. The Hall–Kier alpha value is -1.68. The monoisotopic (exact) mass is 271 g/mol. The molecule has 0 amide bonds. The molecule has 2 aliphatic rings. The van der Waals surface area contributed by atoms with Crippen molar-refractivity contribution in [1.82, 2.24) is 15.1 Å². The maximum atomic E-state index is 13.1. The van der Waals surface area contributed by atoms with Crippen LogP contribution in [0.15, 0.2) is 24.3 Å². The van der Waals surface area contributed by atoms with Crippen LogP contribution >= 0.6 is 0 Å². The van der Waals surface area contributed by atoms with Gasteiger partial charge in [-0.05, 0) is 49.9 Å². The highest BCUT2D eigenvalue weighted by Gasteiger charge is 2.34. The topological polar surface area (TPSA) is 29.9 Å². The molecule has 2 atom stereocenters. The van der Waals surface area contributed by atoms with Gasteiger partial charge in [0.15, 0.2) is 0 Å². The number of halogens is 1. The zero-order valence-electron chi connectivity index (χ0n) is 11.6. The smallest absolute Gasteiger partial charge is 0.123 e. The van der Waals surface area contributed by atoms with Crippen molar-refractivity contribution in [3.63, 3.8) is 0 Å². The van der Waals surface area contributed by atoms with Gasteiger partial charge in [-0.3, -0.25) is 4.68 Å². The maximum Gasteiger partial charge on any atom is 0.123 e. The normalized spacial score (nSPS) is 24.5. The first-order valence-electron chi connectivity index (χ1n) is 7.30. The molecule has 0 aliphatic carbocycles. The number of nitrogens with zero attached hydrogens (tertiary/aromatic N) is 2. The molecule has 2 aromatic rings. The van der Waals surface area contributed by atoms with Crippen LogP contribution in [0.2, 0.25) is 0 Å². The Kier molecular flexibility index (Phi) is 2.67. The lowest BCUT2D eigenvalue weighted by Gasteiger charge is -2.35. The van der Waals surface area contributed by atoms with Crippen molar-refractivity contribution in [2.75, 3.05) is 0 Å². The van der Waals surface area contributed by atoms with E-state index in [1.807, 2.05) is 23.9 Å². The lowest BCUT2D eigenvalue weighted by molar-refractivity contribution is 0.297. The molecule has 1 fully saturated rings. The molecule has 1 aromatic heterocycles. The maximum absolute atomic E-state index is 13.1. The largest absolute Gasteiger partial charge is 0.305 e. The van der Waals surface area contributed by atoms with Gasteiger partial charge in [0.05, 0.1) is 17.4 Å². The summed E-state index contributed by atoms with van der Waals surface area (Å²) in [6.45, 7) is 0. The van der Waals surface area contributed by atoms with E-state index in [1.54, 1.807) is 0 Å². The van der Waals surface area contributed by atoms with Crippen molar-refractivity contribution in [3.8, 4) is 11.3 Å². The Labute approximate surface area is 117 Å². The summed E-state index contributed by atoms with van der Waals surface area (Å²) in [5.74, 6) is -0.191. The number of nitrogens with one attached hydrogen (secondary N) is 1. The molecule has 0 saturated carbocycles. The number of rotatable bonds is 1. The Balaban J connectivity index is 1.85. The molecule has 0 unspecified atom stereocenters. The second kappa shape index (κ2) is 4.42. The van der Waals surface area contributed by atoms with Crippen LogP contribution in [0.25, 0.3) is 11.3 Å². The van der Waals surface area contributed by atoms with Gasteiger partial charge >= 0.3 is 0 Å². The van der Waals surface area contributed by atoms with E-state index in [2.05, 4.69) is 5.32 Å². The molecule has 1 aromatic carbocycles. The molecule has 3 heterocycles. The van der Waals surface area contributed by atoms with Crippen LogP contribution in [0, 0.1) is 5.82 Å². The molecular formula is C16H18FN3. The molecule has 4 rings (SSSR count). The van der Waals surface area contributed by atoms with Gasteiger partial charge in [-0.15, -0.1) is 0 Å². The van der Waals surface area contributed by atoms with Crippen LogP contribution in [-0.4, -0.2) is 15.8 Å². The first kappa shape index (κ1) is 12.1. The van der Waals surface area contributed by atoms with Crippen LogP contribution in [0.4, 0.5) is 4.39 Å². The fourth-order valence-corrected chi connectivity index (χ4v) is 3.68. The minimum Gasteiger partial charge on any atom is -0.305 e. The van der Waals surface area contributed by atoms with Crippen molar-refractivity contribution in [2.24, 2.45) is 7.05 Å². The summed E-state index contributed by atoms with van der Waals surface area (Å²) in [5.41, 5.74) is 4.76. The zero-order chi connectivity index (χ0) is 13.7. The van der Waals surface area contributed by atoms with Gasteiger partial charge in [0.25, 0.3) is 0 Å². The molecule has 2 bridgehead atoms. The predicted octanol–water partition coefficient (Wildman–Crippen LogP) is 2.97. The van der Waals surface area contributed by atoms with Crippen LogP contribution in [0.3, 0.4) is 0 Å². The average Bonchev–Trinajstić information content (AvgIpc) is 2.77. The standard InChI is InChI=1S/C16H18FN3/c1-20-16(10-5-7-11(17)8-6-10)13-9-12-3-2-4-14(18-12)15(13)19-20/h5-8,12,14,18H,2-4,9H2,1H3/t12-,14+/m0/s1. The van der Waals surface area contributed by atoms with Crippen LogP contribution < -0.4 is 5.32 Å². The van der Waals surface area contributed by atoms with Gasteiger partial charge in [-0.1, -0.05) is 0 Å². The first-order valence-corrected chi connectivity index (χ1v) is 7.30. The number of piperidine rings is 1. The number of hydrogen-bond donors (Lipinski definition) is 1. The molecular weight excluding hydrogens is 253 g/mol. The molecule has 104 valence electrons. The summed E-state index contributed by atoms with van der Waals surface area (Å²) in [4.78, 5) is 0. The summed E-state index contributed by atoms with van der Waals surface area (Å²) in [6.07, 6.45) is 4.73. The number of fused-ring (bicyclic) bond motifs is 4. The fraction of sp³-hybridized carbons (Fsp3) is 0.438. The highest BCUT2D eigenvalue weighted by molar-refractivity contribution is 5.65. The van der Waals surface area contributed by atoms with Gasteiger partial charge in [-0.2, -0.15) is 5.10 Å². The third-order valence-corrected chi connectivity index (χ3v) is 4.56. The molecule has 0 radical (unpaired) electrons. The zero-order valence-corrected chi connectivity index (χ0v) is 11.6. The highest BCUT2D eigenvalue weighted by Crippen LogP contribution is 2.38. The number of hydrogen-bond acceptors (Lipinski definition) is 2. The number of aryl methyl sites for hydroxylation is 1. The molecule has 3 nitrogen and oxygen atoms in total. The highest BCUT2D eigenvalue weighted by atomic mass is 19.1. The number of aromatic nitrogens is 2. The lowest BCUT2D eigenvalue weighted by Crippen LogP contribution is -2.42. The van der Waals surface area contributed by atoms with Crippen LogP contribution in [0.5, 0.6) is 0 Å². The Morgan fingerprint density at radius 3 is 2.85 bits per heavy atom. The van der Waals surface area contributed by atoms with E-state index >= 15 is 0 Å². The Morgan fingerprint density at radius 1 is 1.25 bits per heavy atom. The van der Waals surface area contributed by atoms with Crippen molar-refractivity contribution < 1.29 is 4.39 Å². The van der Waals surface area contributed by atoms with Crippen molar-refractivity contribution in [2.45, 2.75) is 37.8 Å². The second-order valence-electron chi connectivity index (χ2n) is 5.89. The predicted molar refractivity (Wildman–Crippen MR) is 75.8 cm³/mol. The minimum absolute atomic E-state index is 0.191. The van der Waals surface area contributed by atoms with E-state index in [-0.39, 0.29) is 5.82 Å². The minimum atomic E-state index is -0.191. The van der Waals surface area contributed by atoms with Crippen LogP contribution in [-0.2, 0) is 13.5 Å². The summed E-state index contributed by atoms with van der Waals surface area (Å²) in [6, 6.07) is 7.73. The van der Waals surface area contributed by atoms with E-state index < -0.39 is 0 Å². The lowest BCUT2D eigenvalue weighted by atomic mass is 9.84. The van der Waals surface area contributed by atoms with Crippen molar-refractivity contribution >= 4 is 0 Å². The van der Waals surface area contributed by atoms with Crippen molar-refractivity contribution in [1.29, 1.82) is 0 Å². The summed E-state index contributed by atoms with van der Waals surface area (Å²) in [7, 11) is 1.99. The first-order chi connectivity index (χ1) is 9.72. The third kappa shape index (κ3) is 1.79. The molecule has 1 saturated heterocycles. The molecule has 2 aliphatic heterocycles. The van der Waals surface area contributed by atoms with Gasteiger partial charge in [-0.25, -0.2) is 4.39 Å². The van der Waals surface area contributed by atoms with Crippen molar-refractivity contribution in [3.05, 3.63) is 41.3 Å². The van der Waals surface area contributed by atoms with Gasteiger partial charge in [0, 0.05) is 24.2 Å². The molecule has 0 spiro atoms. The molecule has 20 heavy (non-hydrogen) atoms.